The zero-order valence-electron chi connectivity index (χ0n) is 19.4. The molecule has 9 nitrogen and oxygen atoms in total. The quantitative estimate of drug-likeness (QED) is 0.111. The minimum atomic E-state index is -4.73. The van der Waals surface area contributed by atoms with Crippen LogP contribution < -0.4 is 16.0 Å². The van der Waals surface area contributed by atoms with Crippen LogP contribution in [0.5, 0.6) is 0 Å². The van der Waals surface area contributed by atoms with Crippen LogP contribution in [0.2, 0.25) is 5.02 Å². The molecule has 0 bridgehead atoms. The van der Waals surface area contributed by atoms with Gasteiger partial charge in [-0.2, -0.15) is 17.6 Å². The highest BCUT2D eigenvalue weighted by Crippen LogP contribution is 2.35. The van der Waals surface area contributed by atoms with Crippen molar-refractivity contribution in [2.45, 2.75) is 19.1 Å². The van der Waals surface area contributed by atoms with E-state index in [9.17, 15) is 27.2 Å². The molecule has 3 N–H and O–H groups in total. The van der Waals surface area contributed by atoms with Gasteiger partial charge in [-0.1, -0.05) is 23.2 Å². The number of amides is 2. The summed E-state index contributed by atoms with van der Waals surface area (Å²) in [5, 5.41) is 7.11. The second-order valence-electron chi connectivity index (χ2n) is 7.33. The average Bonchev–Trinajstić information content (AvgIpc) is 3.34. The molecule has 0 spiro atoms. The van der Waals surface area contributed by atoms with Crippen LogP contribution in [0, 0.1) is 5.95 Å². The summed E-state index contributed by atoms with van der Waals surface area (Å²) < 4.78 is 52.9. The number of anilines is 2. The number of hydrogen-bond acceptors (Lipinski definition) is 7. The Morgan fingerprint density at radius 2 is 1.92 bits per heavy atom. The highest BCUT2D eigenvalue weighted by molar-refractivity contribution is 7.13. The Balaban J connectivity index is 1.64. The summed E-state index contributed by atoms with van der Waals surface area (Å²) in [7, 11) is 1.39. The summed E-state index contributed by atoms with van der Waals surface area (Å²) in [5.74, 6) is -2.51. The number of thiazole rings is 1. The molecule has 0 aliphatic rings. The molecule has 0 radical (unpaired) electrons. The average molecular weight is 590 g/mol. The minimum absolute atomic E-state index is 0.00504. The third-order valence-corrected chi connectivity index (χ3v) is 6.37. The molecule has 0 aromatic carbocycles. The first-order valence-electron chi connectivity index (χ1n) is 10.4. The first kappa shape index (κ1) is 28.9. The Labute approximate surface area is 227 Å². The highest BCUT2D eigenvalue weighted by atomic mass is 35.5. The summed E-state index contributed by atoms with van der Waals surface area (Å²) in [6, 6.07) is 2.85. The third kappa shape index (κ3) is 7.46. The molecule has 0 saturated heterocycles. The van der Waals surface area contributed by atoms with Crippen LogP contribution in [0.3, 0.4) is 0 Å². The molecule has 0 fully saturated rings. The summed E-state index contributed by atoms with van der Waals surface area (Å²) in [6.07, 6.45) is -0.451. The van der Waals surface area contributed by atoms with Gasteiger partial charge >= 0.3 is 6.18 Å². The van der Waals surface area contributed by atoms with E-state index in [1.165, 1.54) is 31.6 Å². The van der Waals surface area contributed by atoms with Crippen LogP contribution in [0.15, 0.2) is 52.9 Å². The van der Waals surface area contributed by atoms with Crippen LogP contribution in [0.1, 0.15) is 33.2 Å². The topological polar surface area (TPSA) is 121 Å². The van der Waals surface area contributed by atoms with E-state index in [-0.39, 0.29) is 27.3 Å². The lowest BCUT2D eigenvalue weighted by Gasteiger charge is -2.11. The second kappa shape index (κ2) is 12.3. The summed E-state index contributed by atoms with van der Waals surface area (Å²) >= 11 is 12.6. The van der Waals surface area contributed by atoms with Crippen molar-refractivity contribution in [1.29, 1.82) is 0 Å². The van der Waals surface area contributed by atoms with Crippen LogP contribution in [0.25, 0.3) is 0 Å². The van der Waals surface area contributed by atoms with E-state index in [1.807, 2.05) is 0 Å². The summed E-state index contributed by atoms with van der Waals surface area (Å²) in [5.41, 5.74) is -1.14. The number of carbonyl (C=O) groups excluding carboxylic acids is 2. The predicted molar refractivity (Wildman–Crippen MR) is 136 cm³/mol. The molecule has 3 heterocycles. The standard InChI is InChI=1S/C22H17Cl2F4N7O2S/c1-10(33-17(36)7-12(23)19(29-2)34-14-4-3-5-30-18(14)25)21-32-9-15(38-21)20(37)35-16-6-11(22(26,27)28)13(24)8-31-16/h3-10H,1-2H3,(H,29,34)(H,33,36)(H,31,35,37)/b12-7-. The van der Waals surface area contributed by atoms with Crippen LogP contribution in [0.4, 0.5) is 29.1 Å². The maximum absolute atomic E-state index is 13.8. The van der Waals surface area contributed by atoms with E-state index >= 15 is 0 Å². The predicted octanol–water partition coefficient (Wildman–Crippen LogP) is 5.44. The lowest BCUT2D eigenvalue weighted by molar-refractivity contribution is -0.137. The Bertz CT molecular complexity index is 1410. The number of amidine groups is 1. The van der Waals surface area contributed by atoms with Gasteiger partial charge in [-0.25, -0.2) is 15.0 Å². The second-order valence-corrected chi connectivity index (χ2v) is 9.20. The van der Waals surface area contributed by atoms with Crippen molar-refractivity contribution in [2.24, 2.45) is 4.99 Å². The molecular weight excluding hydrogens is 573 g/mol. The maximum Gasteiger partial charge on any atom is 0.418 e. The molecule has 1 unspecified atom stereocenters. The van der Waals surface area contributed by atoms with E-state index in [1.54, 1.807) is 6.92 Å². The number of carbonyl (C=O) groups is 2. The van der Waals surface area contributed by atoms with Crippen molar-refractivity contribution < 1.29 is 27.2 Å². The first-order valence-corrected chi connectivity index (χ1v) is 12.0. The molecule has 3 aromatic rings. The molecule has 3 aromatic heterocycles. The van der Waals surface area contributed by atoms with Crippen molar-refractivity contribution in [3.63, 3.8) is 0 Å². The van der Waals surface area contributed by atoms with Crippen LogP contribution >= 0.6 is 34.5 Å². The lowest BCUT2D eigenvalue weighted by Crippen LogP contribution is -2.26. The van der Waals surface area contributed by atoms with Gasteiger partial charge in [0.1, 0.15) is 21.5 Å². The number of rotatable bonds is 7. The van der Waals surface area contributed by atoms with Gasteiger partial charge in [-0.3, -0.25) is 14.6 Å². The van der Waals surface area contributed by atoms with Crippen LogP contribution in [-0.4, -0.2) is 39.6 Å². The van der Waals surface area contributed by atoms with Gasteiger partial charge in [0.15, 0.2) is 0 Å². The number of nitrogens with zero attached hydrogens (tertiary/aromatic N) is 4. The molecular formula is C22H17Cl2F4N7O2S. The molecule has 16 heteroatoms. The van der Waals surface area contributed by atoms with Crippen molar-refractivity contribution >= 4 is 63.7 Å². The zero-order valence-corrected chi connectivity index (χ0v) is 21.7. The van der Waals surface area contributed by atoms with E-state index in [4.69, 9.17) is 23.2 Å². The van der Waals surface area contributed by atoms with Gasteiger partial charge < -0.3 is 16.0 Å². The van der Waals surface area contributed by atoms with Gasteiger partial charge in [0, 0.05) is 25.5 Å². The fraction of sp³-hybridized carbons (Fsp3) is 0.182. The molecule has 3 rings (SSSR count). The number of aromatic nitrogens is 3. The SMILES string of the molecule is CN=C(Nc1cccnc1F)/C(Cl)=C/C(=O)NC(C)c1ncc(C(=O)Nc2cc(C(F)(F)F)c(Cl)cn2)s1. The number of halogens is 6. The molecule has 2 amide bonds. The monoisotopic (exact) mass is 589 g/mol. The molecule has 38 heavy (non-hydrogen) atoms. The van der Waals surface area contributed by atoms with Crippen molar-refractivity contribution in [3.8, 4) is 0 Å². The van der Waals surface area contributed by atoms with Crippen molar-refractivity contribution in [3.05, 3.63) is 74.3 Å². The Morgan fingerprint density at radius 3 is 2.58 bits per heavy atom. The fourth-order valence-electron chi connectivity index (χ4n) is 2.82. The largest absolute Gasteiger partial charge is 0.418 e. The van der Waals surface area contributed by atoms with Crippen molar-refractivity contribution in [1.82, 2.24) is 20.3 Å². The minimum Gasteiger partial charge on any atom is -0.344 e. The van der Waals surface area contributed by atoms with Crippen molar-refractivity contribution in [2.75, 3.05) is 17.7 Å². The smallest absolute Gasteiger partial charge is 0.344 e. The van der Waals surface area contributed by atoms with Crippen LogP contribution in [-0.2, 0) is 11.0 Å². The third-order valence-electron chi connectivity index (χ3n) is 4.60. The molecule has 1 atom stereocenters. The summed E-state index contributed by atoms with van der Waals surface area (Å²) in [4.78, 5) is 40.2. The molecule has 0 aliphatic carbocycles. The number of nitrogens with one attached hydrogen (secondary N) is 3. The van der Waals surface area contributed by atoms with E-state index in [0.29, 0.717) is 11.1 Å². The van der Waals surface area contributed by atoms with E-state index in [0.717, 1.165) is 23.6 Å². The number of aliphatic imine (C=N–C) groups is 1. The zero-order chi connectivity index (χ0) is 28.0. The molecule has 0 aliphatic heterocycles. The Morgan fingerprint density at radius 1 is 1.18 bits per heavy atom. The van der Waals surface area contributed by atoms with Gasteiger partial charge in [0.05, 0.1) is 33.5 Å². The van der Waals surface area contributed by atoms with E-state index < -0.39 is 40.6 Å². The fourth-order valence-corrected chi connectivity index (χ4v) is 4.08. The first-order chi connectivity index (χ1) is 17.9. The number of alkyl halides is 3. The Hall–Kier alpha value is -3.62. The van der Waals surface area contributed by atoms with Gasteiger partial charge in [0.25, 0.3) is 5.91 Å². The van der Waals surface area contributed by atoms with Gasteiger partial charge in [-0.15, -0.1) is 11.3 Å². The summed E-state index contributed by atoms with van der Waals surface area (Å²) in [6.45, 7) is 1.59. The molecule has 200 valence electrons. The number of hydrogen-bond donors (Lipinski definition) is 3. The molecule has 0 saturated carbocycles. The van der Waals surface area contributed by atoms with E-state index in [2.05, 4.69) is 35.9 Å². The van der Waals surface area contributed by atoms with Gasteiger partial charge in [0.2, 0.25) is 11.9 Å². The maximum atomic E-state index is 13.8. The number of pyridine rings is 2. The Kier molecular flexibility index (Phi) is 9.36. The normalized spacial score (nSPS) is 13.2. The van der Waals surface area contributed by atoms with Gasteiger partial charge in [-0.05, 0) is 25.1 Å². The lowest BCUT2D eigenvalue weighted by atomic mass is 10.2. The highest BCUT2D eigenvalue weighted by Gasteiger charge is 2.34.